The minimum atomic E-state index is -4.81. The zero-order valence-electron chi connectivity index (χ0n) is 23.5. The van der Waals surface area contributed by atoms with E-state index < -0.39 is 38.0 Å². The number of sulfone groups is 1. The van der Waals surface area contributed by atoms with Gasteiger partial charge in [-0.25, -0.2) is 18.4 Å². The van der Waals surface area contributed by atoms with Crippen molar-refractivity contribution in [2.24, 2.45) is 0 Å². The summed E-state index contributed by atoms with van der Waals surface area (Å²) in [6.45, 7) is 2.34. The van der Waals surface area contributed by atoms with E-state index in [0.717, 1.165) is 12.3 Å². The van der Waals surface area contributed by atoms with Gasteiger partial charge in [0.05, 0.1) is 11.8 Å². The molecular weight excluding hydrogens is 631 g/mol. The van der Waals surface area contributed by atoms with Gasteiger partial charge in [-0.2, -0.15) is 8.42 Å². The maximum atomic E-state index is 12.5. The van der Waals surface area contributed by atoms with Crippen LogP contribution in [0, 0.1) is 6.92 Å². The van der Waals surface area contributed by atoms with Gasteiger partial charge in [0.25, 0.3) is 10.1 Å². The van der Waals surface area contributed by atoms with Crippen molar-refractivity contribution in [2.75, 3.05) is 30.1 Å². The largest absolute Gasteiger partial charge is 0.573 e. The summed E-state index contributed by atoms with van der Waals surface area (Å²) >= 11 is 0. The van der Waals surface area contributed by atoms with E-state index in [2.05, 4.69) is 25.3 Å². The highest BCUT2D eigenvalue weighted by Gasteiger charge is 2.31. The second-order valence-corrected chi connectivity index (χ2v) is 13.0. The van der Waals surface area contributed by atoms with E-state index in [1.807, 2.05) is 4.57 Å². The van der Waals surface area contributed by atoms with Gasteiger partial charge in [0.1, 0.15) is 34.8 Å². The number of carbonyl (C=O) groups excluding carboxylic acids is 1. The lowest BCUT2D eigenvalue weighted by Crippen LogP contribution is -2.32. The number of aryl methyl sites for hydroxylation is 1. The lowest BCUT2D eigenvalue weighted by molar-refractivity contribution is -0.274. The molecule has 0 aliphatic carbocycles. The highest BCUT2D eigenvalue weighted by atomic mass is 32.2. The van der Waals surface area contributed by atoms with Gasteiger partial charge in [0.2, 0.25) is 5.91 Å². The number of nitrogens with zero attached hydrogens (tertiary/aromatic N) is 3. The quantitative estimate of drug-likeness (QED) is 0.211. The lowest BCUT2D eigenvalue weighted by Gasteiger charge is -2.14. The van der Waals surface area contributed by atoms with Crippen molar-refractivity contribution in [3.05, 3.63) is 66.6 Å². The van der Waals surface area contributed by atoms with Gasteiger partial charge in [-0.3, -0.25) is 9.35 Å². The third-order valence-corrected chi connectivity index (χ3v) is 6.11. The number of benzene rings is 2. The molecule has 0 bridgehead atoms. The normalized spacial score (nSPS) is 11.8. The number of rotatable bonds is 10. The van der Waals surface area contributed by atoms with E-state index in [1.54, 1.807) is 37.4 Å². The number of anilines is 2. The summed E-state index contributed by atoms with van der Waals surface area (Å²) in [6, 6.07) is 12.2. The molecule has 44 heavy (non-hydrogen) atoms. The molecule has 13 nitrogen and oxygen atoms in total. The van der Waals surface area contributed by atoms with Crippen molar-refractivity contribution in [2.45, 2.75) is 19.8 Å². The van der Waals surface area contributed by atoms with Gasteiger partial charge in [0.15, 0.2) is 15.7 Å². The molecule has 1 amide bonds. The topological polar surface area (TPSA) is 179 Å². The Balaban J connectivity index is 0.000000978. The number of halogens is 3. The molecule has 0 aliphatic heterocycles. The van der Waals surface area contributed by atoms with Crippen LogP contribution in [0.2, 0.25) is 0 Å². The van der Waals surface area contributed by atoms with Crippen LogP contribution in [0.25, 0.3) is 11.0 Å². The van der Waals surface area contributed by atoms with Crippen molar-refractivity contribution in [1.82, 2.24) is 19.9 Å². The Morgan fingerprint density at radius 3 is 2.34 bits per heavy atom. The van der Waals surface area contributed by atoms with Crippen LogP contribution >= 0.6 is 0 Å². The van der Waals surface area contributed by atoms with E-state index in [9.17, 15) is 34.8 Å². The number of carbonyl (C=O) groups is 1. The molecule has 0 unspecified atom stereocenters. The fourth-order valence-corrected chi connectivity index (χ4v) is 4.33. The maximum Gasteiger partial charge on any atom is 0.573 e. The summed E-state index contributed by atoms with van der Waals surface area (Å²) in [5.41, 5.74) is 2.71. The predicted octanol–water partition coefficient (Wildman–Crippen LogP) is 3.84. The molecular formula is C26H28F3N5O8S2. The Morgan fingerprint density at radius 1 is 1.02 bits per heavy atom. The number of ether oxygens (including phenoxy) is 2. The summed E-state index contributed by atoms with van der Waals surface area (Å²) in [4.78, 5) is 20.4. The molecule has 18 heteroatoms. The van der Waals surface area contributed by atoms with Crippen molar-refractivity contribution in [3.8, 4) is 17.2 Å². The SMILES string of the molecule is CS(=O)(=O)O.Cc1cc(Nc2ncnc3ccn(CCNC(=O)CS(C)(=O)=O)c23)ccc1Oc1cccc(OC(F)(F)F)c1. The highest BCUT2D eigenvalue weighted by Crippen LogP contribution is 2.32. The van der Waals surface area contributed by atoms with E-state index in [1.165, 1.54) is 24.5 Å². The number of alkyl halides is 3. The molecule has 0 aliphatic rings. The van der Waals surface area contributed by atoms with Gasteiger partial charge in [-0.1, -0.05) is 6.07 Å². The molecule has 3 N–H and O–H groups in total. The first-order valence-electron chi connectivity index (χ1n) is 12.4. The van der Waals surface area contributed by atoms with Crippen molar-refractivity contribution >= 4 is 48.4 Å². The number of nitrogens with one attached hydrogen (secondary N) is 2. The van der Waals surface area contributed by atoms with Gasteiger partial charge in [-0.05, 0) is 48.9 Å². The average molecular weight is 660 g/mol. The molecule has 2 heterocycles. The van der Waals surface area contributed by atoms with Crippen LogP contribution in [0.3, 0.4) is 0 Å². The Bertz CT molecular complexity index is 1840. The second kappa shape index (κ2) is 13.9. The second-order valence-electron chi connectivity index (χ2n) is 9.35. The number of fused-ring (bicyclic) bond motifs is 1. The van der Waals surface area contributed by atoms with Gasteiger partial charge >= 0.3 is 6.36 Å². The Kier molecular flexibility index (Phi) is 10.8. The van der Waals surface area contributed by atoms with E-state index >= 15 is 0 Å². The number of aromatic nitrogens is 3. The minimum absolute atomic E-state index is 0.180. The molecule has 4 rings (SSSR count). The van der Waals surface area contributed by atoms with Crippen molar-refractivity contribution < 1.29 is 48.8 Å². The fraction of sp³-hybridized carbons (Fsp3) is 0.269. The number of hydrogen-bond acceptors (Lipinski definition) is 10. The Morgan fingerprint density at radius 2 is 1.70 bits per heavy atom. The predicted molar refractivity (Wildman–Crippen MR) is 155 cm³/mol. The summed E-state index contributed by atoms with van der Waals surface area (Å²) in [5, 5.41) is 5.81. The van der Waals surface area contributed by atoms with Gasteiger partial charge in [0, 0.05) is 37.3 Å². The van der Waals surface area contributed by atoms with E-state index in [-0.39, 0.29) is 18.0 Å². The zero-order chi connectivity index (χ0) is 32.7. The average Bonchev–Trinajstić information content (AvgIpc) is 3.27. The first kappa shape index (κ1) is 34.1. The fourth-order valence-electron chi connectivity index (χ4n) is 3.76. The highest BCUT2D eigenvalue weighted by molar-refractivity contribution is 7.91. The minimum Gasteiger partial charge on any atom is -0.457 e. The van der Waals surface area contributed by atoms with Crippen LogP contribution in [0.15, 0.2) is 61.1 Å². The smallest absolute Gasteiger partial charge is 0.457 e. The Labute approximate surface area is 250 Å². The molecule has 2 aromatic heterocycles. The first-order chi connectivity index (χ1) is 20.4. The van der Waals surface area contributed by atoms with Gasteiger partial charge < -0.3 is 24.7 Å². The van der Waals surface area contributed by atoms with E-state index in [0.29, 0.717) is 46.7 Å². The monoisotopic (exact) mass is 659 g/mol. The summed E-state index contributed by atoms with van der Waals surface area (Å²) in [5.74, 6) is -0.438. The summed E-state index contributed by atoms with van der Waals surface area (Å²) < 4.78 is 97.5. The van der Waals surface area contributed by atoms with Crippen LogP contribution in [-0.4, -0.2) is 73.0 Å². The number of amides is 1. The van der Waals surface area contributed by atoms with Crippen LogP contribution in [0.5, 0.6) is 17.2 Å². The maximum absolute atomic E-state index is 12.5. The standard InChI is InChI=1S/C25H24F3N5O5S.CH4O3S/c1-16-12-17(6-7-21(16)37-18-4-3-5-19(13-18)38-25(26,27)28)32-24-23-20(30-15-31-24)8-10-33(23)11-9-29-22(34)14-39(2,35)36;1-5(2,3)4/h3-8,10,12-13,15H,9,11,14H2,1-2H3,(H,29,34)(H,30,31,32);1H3,(H,2,3,4). The summed E-state index contributed by atoms with van der Waals surface area (Å²) in [6.07, 6.45) is 0.0926. The first-order valence-corrected chi connectivity index (χ1v) is 16.4. The Hall–Kier alpha value is -4.42. The van der Waals surface area contributed by atoms with Crippen LogP contribution in [0.1, 0.15) is 5.56 Å². The van der Waals surface area contributed by atoms with E-state index in [4.69, 9.17) is 9.29 Å². The van der Waals surface area contributed by atoms with Gasteiger partial charge in [-0.15, -0.1) is 13.2 Å². The molecule has 2 aromatic carbocycles. The molecule has 0 fully saturated rings. The van der Waals surface area contributed by atoms with Crippen LogP contribution < -0.4 is 20.1 Å². The molecule has 4 aromatic rings. The third-order valence-electron chi connectivity index (χ3n) is 5.32. The third kappa shape index (κ3) is 11.7. The molecule has 0 saturated heterocycles. The molecule has 0 radical (unpaired) electrons. The molecule has 0 atom stereocenters. The number of hydrogen-bond donors (Lipinski definition) is 3. The van der Waals surface area contributed by atoms with Crippen molar-refractivity contribution in [3.63, 3.8) is 0 Å². The zero-order valence-corrected chi connectivity index (χ0v) is 25.1. The summed E-state index contributed by atoms with van der Waals surface area (Å²) in [7, 11) is -7.09. The van der Waals surface area contributed by atoms with Crippen LogP contribution in [0.4, 0.5) is 24.7 Å². The molecule has 238 valence electrons. The molecule has 0 saturated carbocycles. The molecule has 0 spiro atoms. The lowest BCUT2D eigenvalue weighted by atomic mass is 10.2. The van der Waals surface area contributed by atoms with Crippen molar-refractivity contribution in [1.29, 1.82) is 0 Å². The van der Waals surface area contributed by atoms with Crippen LogP contribution in [-0.2, 0) is 31.3 Å².